The van der Waals surface area contributed by atoms with Crippen LogP contribution in [0.3, 0.4) is 0 Å². The maximum absolute atomic E-state index is 9.00. The second-order valence-corrected chi connectivity index (χ2v) is 6.00. The Morgan fingerprint density at radius 1 is 1.60 bits per heavy atom. The van der Waals surface area contributed by atoms with E-state index in [0.717, 1.165) is 19.4 Å². The summed E-state index contributed by atoms with van der Waals surface area (Å²) in [5.74, 6) is 0. The molecular weight excluding hydrogens is 148 g/mol. The number of hydrogen-bond donors (Lipinski definition) is 2. The molecule has 0 aromatic rings. The van der Waals surface area contributed by atoms with Gasteiger partial charge in [0, 0.05) is 0 Å². The van der Waals surface area contributed by atoms with Gasteiger partial charge < -0.3 is 14.3 Å². The Morgan fingerprint density at radius 3 is 2.60 bits per heavy atom. The van der Waals surface area contributed by atoms with Gasteiger partial charge >= 0.3 is 8.56 Å². The quantitative estimate of drug-likeness (QED) is 0.459. The molecule has 1 rings (SSSR count). The summed E-state index contributed by atoms with van der Waals surface area (Å²) in [6.45, 7) is 2.41. The summed E-state index contributed by atoms with van der Waals surface area (Å²) in [4.78, 5) is 18.0. The molecule has 1 fully saturated rings. The van der Waals surface area contributed by atoms with Gasteiger partial charge in [-0.15, -0.1) is 0 Å². The van der Waals surface area contributed by atoms with E-state index in [4.69, 9.17) is 14.3 Å². The lowest BCUT2D eigenvalue weighted by molar-refractivity contribution is 0.359. The lowest BCUT2D eigenvalue weighted by atomic mass is 10.3. The molecule has 0 aromatic heterocycles. The van der Waals surface area contributed by atoms with E-state index in [9.17, 15) is 0 Å². The first-order chi connectivity index (χ1) is 4.58. The molecule has 3 nitrogen and oxygen atoms in total. The van der Waals surface area contributed by atoms with Crippen molar-refractivity contribution in [2.45, 2.75) is 31.5 Å². The van der Waals surface area contributed by atoms with Crippen LogP contribution in [0.25, 0.3) is 0 Å². The van der Waals surface area contributed by atoms with Crippen molar-refractivity contribution in [2.24, 2.45) is 0 Å². The third kappa shape index (κ3) is 4.00. The second kappa shape index (κ2) is 3.00. The molecule has 1 atom stereocenters. The Bertz CT molecular complexity index is 106. The molecule has 0 aromatic carbocycles. The van der Waals surface area contributed by atoms with Crippen LogP contribution in [0.1, 0.15) is 12.8 Å². The first-order valence-corrected chi connectivity index (χ1v) is 6.24. The predicted octanol–water partition coefficient (Wildman–Crippen LogP) is 0.222. The zero-order chi connectivity index (χ0) is 7.61. The molecule has 0 bridgehead atoms. The third-order valence-electron chi connectivity index (χ3n) is 1.58. The monoisotopic (exact) mass is 162 g/mol. The van der Waals surface area contributed by atoms with Crippen molar-refractivity contribution < 1.29 is 14.3 Å². The van der Waals surface area contributed by atoms with Crippen LogP contribution in [0, 0.1) is 0 Å². The van der Waals surface area contributed by atoms with E-state index in [1.165, 1.54) is 0 Å². The van der Waals surface area contributed by atoms with E-state index < -0.39 is 8.56 Å². The van der Waals surface area contributed by atoms with Gasteiger partial charge in [0.1, 0.15) is 0 Å². The summed E-state index contributed by atoms with van der Waals surface area (Å²) in [7, 11) is -2.75. The van der Waals surface area contributed by atoms with Gasteiger partial charge in [-0.05, 0) is 25.4 Å². The van der Waals surface area contributed by atoms with Crippen LogP contribution in [0.4, 0.5) is 0 Å². The molecule has 0 spiro atoms. The zero-order valence-electron chi connectivity index (χ0n) is 6.21. The minimum Gasteiger partial charge on any atom is -0.411 e. The normalized spacial score (nSPS) is 24.9. The largest absolute Gasteiger partial charge is 0.411 e. The maximum Gasteiger partial charge on any atom is 0.329 e. The molecule has 1 saturated heterocycles. The highest BCUT2D eigenvalue weighted by molar-refractivity contribution is 6.63. The van der Waals surface area contributed by atoms with E-state index in [-0.39, 0.29) is 0 Å². The molecule has 0 aliphatic carbocycles. The van der Waals surface area contributed by atoms with Gasteiger partial charge in [-0.2, -0.15) is 0 Å². The van der Waals surface area contributed by atoms with E-state index in [1.54, 1.807) is 6.55 Å². The summed E-state index contributed by atoms with van der Waals surface area (Å²) in [5.41, 5.74) is 0. The molecule has 0 radical (unpaired) electrons. The third-order valence-corrected chi connectivity index (χ3v) is 2.88. The summed E-state index contributed by atoms with van der Waals surface area (Å²) in [6, 6.07) is 0.576. The maximum atomic E-state index is 9.00. The van der Waals surface area contributed by atoms with E-state index >= 15 is 0 Å². The topological polar surface area (TPSA) is 53.0 Å². The predicted molar refractivity (Wildman–Crippen MR) is 39.8 cm³/mol. The number of rotatable bonds is 4. The van der Waals surface area contributed by atoms with E-state index in [1.807, 2.05) is 0 Å². The van der Waals surface area contributed by atoms with Crippen molar-refractivity contribution >= 4 is 8.56 Å². The van der Waals surface area contributed by atoms with Crippen molar-refractivity contribution in [3.8, 4) is 0 Å². The molecule has 1 unspecified atom stereocenters. The fraction of sp³-hybridized carbons (Fsp3) is 1.00. The lowest BCUT2D eigenvalue weighted by Gasteiger charge is -2.09. The minimum atomic E-state index is -2.75. The molecule has 1 aliphatic heterocycles. The van der Waals surface area contributed by atoms with Crippen LogP contribution in [0.5, 0.6) is 0 Å². The van der Waals surface area contributed by atoms with Gasteiger partial charge in [-0.25, -0.2) is 0 Å². The highest BCUT2D eigenvalue weighted by Gasteiger charge is 2.25. The smallest absolute Gasteiger partial charge is 0.329 e. The molecule has 60 valence electrons. The first-order valence-electron chi connectivity index (χ1n) is 3.64. The zero-order valence-corrected chi connectivity index (χ0v) is 7.21. The van der Waals surface area contributed by atoms with E-state index in [0.29, 0.717) is 12.1 Å². The van der Waals surface area contributed by atoms with Gasteiger partial charge in [-0.3, -0.25) is 0 Å². The summed E-state index contributed by atoms with van der Waals surface area (Å²) < 4.78 is 4.98. The van der Waals surface area contributed by atoms with Crippen LogP contribution in [0.2, 0.25) is 12.6 Å². The standard InChI is InChI=1S/C6H14O3Si/c1-10(7,8)4-2-3-6-5-9-6/h6-8H,2-5H2,1H3. The highest BCUT2D eigenvalue weighted by Crippen LogP contribution is 2.18. The van der Waals surface area contributed by atoms with Crippen molar-refractivity contribution in [2.75, 3.05) is 6.61 Å². The molecule has 1 aliphatic rings. The molecule has 10 heavy (non-hydrogen) atoms. The summed E-state index contributed by atoms with van der Waals surface area (Å²) in [5, 5.41) is 0. The first kappa shape index (κ1) is 8.20. The Morgan fingerprint density at radius 2 is 2.20 bits per heavy atom. The number of ether oxygens (including phenoxy) is 1. The fourth-order valence-electron chi connectivity index (χ4n) is 0.899. The van der Waals surface area contributed by atoms with Crippen LogP contribution < -0.4 is 0 Å². The molecule has 0 saturated carbocycles. The second-order valence-electron chi connectivity index (χ2n) is 3.06. The number of epoxide rings is 1. The summed E-state index contributed by atoms with van der Waals surface area (Å²) >= 11 is 0. The Kier molecular flexibility index (Phi) is 2.46. The molecular formula is C6H14O3Si. The highest BCUT2D eigenvalue weighted by atomic mass is 28.4. The van der Waals surface area contributed by atoms with Gasteiger partial charge in [0.25, 0.3) is 0 Å². The average Bonchev–Trinajstić information content (AvgIpc) is 2.45. The number of hydrogen-bond acceptors (Lipinski definition) is 3. The van der Waals surface area contributed by atoms with Gasteiger partial charge in [0.15, 0.2) is 0 Å². The Hall–Kier alpha value is 0.0969. The molecule has 0 amide bonds. The molecule has 2 N–H and O–H groups in total. The van der Waals surface area contributed by atoms with Crippen LogP contribution in [-0.4, -0.2) is 30.9 Å². The van der Waals surface area contributed by atoms with E-state index in [2.05, 4.69) is 0 Å². The fourth-order valence-corrected chi connectivity index (χ4v) is 1.77. The van der Waals surface area contributed by atoms with Crippen molar-refractivity contribution in [3.05, 3.63) is 0 Å². The van der Waals surface area contributed by atoms with Gasteiger partial charge in [-0.1, -0.05) is 0 Å². The Balaban J connectivity index is 1.93. The van der Waals surface area contributed by atoms with Gasteiger partial charge in [0.2, 0.25) is 0 Å². The van der Waals surface area contributed by atoms with Crippen LogP contribution in [0.15, 0.2) is 0 Å². The van der Waals surface area contributed by atoms with Crippen LogP contribution in [-0.2, 0) is 4.74 Å². The lowest BCUT2D eigenvalue weighted by Crippen LogP contribution is -2.29. The molecule has 4 heteroatoms. The van der Waals surface area contributed by atoms with Gasteiger partial charge in [0.05, 0.1) is 12.7 Å². The SMILES string of the molecule is C[Si](O)(O)CCCC1CO1. The average molecular weight is 162 g/mol. The van der Waals surface area contributed by atoms with Crippen molar-refractivity contribution in [1.29, 1.82) is 0 Å². The van der Waals surface area contributed by atoms with Crippen LogP contribution >= 0.6 is 0 Å². The Labute approximate surface area is 61.9 Å². The minimum absolute atomic E-state index is 0.427. The van der Waals surface area contributed by atoms with Crippen molar-refractivity contribution in [3.63, 3.8) is 0 Å². The molecule has 1 heterocycles. The van der Waals surface area contributed by atoms with Crippen molar-refractivity contribution in [1.82, 2.24) is 0 Å². The summed E-state index contributed by atoms with van der Waals surface area (Å²) in [6.07, 6.45) is 2.31.